The molecule has 7 nitrogen and oxygen atoms in total. The molecular formula is C25H24ClN5O2. The van der Waals surface area contributed by atoms with Gasteiger partial charge in [-0.15, -0.1) is 0 Å². The van der Waals surface area contributed by atoms with E-state index in [0.717, 1.165) is 17.8 Å². The number of hydrogen-bond acceptors (Lipinski definition) is 4. The Kier molecular flexibility index (Phi) is 5.42. The molecule has 0 fully saturated rings. The molecule has 0 bridgehead atoms. The van der Waals surface area contributed by atoms with Crippen LogP contribution in [0.1, 0.15) is 12.5 Å². The molecule has 0 unspecified atom stereocenters. The fourth-order valence-electron chi connectivity index (χ4n) is 4.39. The first-order valence-corrected chi connectivity index (χ1v) is 11.3. The molecule has 0 aliphatic carbocycles. The second-order valence-electron chi connectivity index (χ2n) is 8.46. The van der Waals surface area contributed by atoms with E-state index in [1.807, 2.05) is 71.3 Å². The lowest BCUT2D eigenvalue weighted by atomic mass is 10.1. The fraction of sp³-hybridized carbons (Fsp3) is 0.240. The van der Waals surface area contributed by atoms with Gasteiger partial charge in [-0.1, -0.05) is 67.1 Å². The Balaban J connectivity index is 1.64. The van der Waals surface area contributed by atoms with Crippen LogP contribution in [0.2, 0.25) is 5.02 Å². The molecule has 1 aliphatic heterocycles. The molecule has 5 rings (SSSR count). The summed E-state index contributed by atoms with van der Waals surface area (Å²) in [5, 5.41) is 0.633. The first kappa shape index (κ1) is 21.3. The van der Waals surface area contributed by atoms with Crippen molar-refractivity contribution in [3.8, 4) is 0 Å². The van der Waals surface area contributed by atoms with Crippen molar-refractivity contribution >= 4 is 40.5 Å². The van der Waals surface area contributed by atoms with Crippen LogP contribution in [0.3, 0.4) is 0 Å². The van der Waals surface area contributed by atoms with Crippen LogP contribution < -0.4 is 16.1 Å². The highest BCUT2D eigenvalue weighted by atomic mass is 35.5. The number of nitrogens with zero attached hydrogens (tertiary/aromatic N) is 5. The van der Waals surface area contributed by atoms with E-state index in [0.29, 0.717) is 28.7 Å². The van der Waals surface area contributed by atoms with Crippen LogP contribution in [0.15, 0.2) is 70.3 Å². The minimum Gasteiger partial charge on any atom is -0.312 e. The highest BCUT2D eigenvalue weighted by Gasteiger charge is 2.29. The van der Waals surface area contributed by atoms with Gasteiger partial charge in [0.05, 0.1) is 0 Å². The van der Waals surface area contributed by atoms with Gasteiger partial charge in [-0.2, -0.15) is 4.98 Å². The number of aromatic nitrogens is 4. The number of hydrogen-bond donors (Lipinski definition) is 0. The van der Waals surface area contributed by atoms with Crippen LogP contribution >= 0.6 is 11.6 Å². The van der Waals surface area contributed by atoms with Crippen molar-refractivity contribution in [2.75, 3.05) is 11.4 Å². The predicted molar refractivity (Wildman–Crippen MR) is 132 cm³/mol. The lowest BCUT2D eigenvalue weighted by molar-refractivity contribution is 0.458. The molecule has 8 heteroatoms. The van der Waals surface area contributed by atoms with Gasteiger partial charge in [0.1, 0.15) is 0 Å². The third-order valence-corrected chi connectivity index (χ3v) is 6.20. The van der Waals surface area contributed by atoms with E-state index in [4.69, 9.17) is 16.6 Å². The Morgan fingerprint density at radius 3 is 2.64 bits per heavy atom. The number of anilines is 2. The van der Waals surface area contributed by atoms with Crippen molar-refractivity contribution < 1.29 is 0 Å². The Morgan fingerprint density at radius 2 is 1.88 bits per heavy atom. The summed E-state index contributed by atoms with van der Waals surface area (Å²) in [6.07, 6.45) is 3.74. The molecule has 168 valence electrons. The third-order valence-electron chi connectivity index (χ3n) is 5.96. The Hall–Kier alpha value is -3.58. The van der Waals surface area contributed by atoms with Crippen LogP contribution in [-0.4, -0.2) is 25.2 Å². The van der Waals surface area contributed by atoms with E-state index < -0.39 is 0 Å². The zero-order valence-corrected chi connectivity index (χ0v) is 19.2. The van der Waals surface area contributed by atoms with E-state index in [9.17, 15) is 9.59 Å². The summed E-state index contributed by atoms with van der Waals surface area (Å²) in [5.41, 5.74) is 2.04. The van der Waals surface area contributed by atoms with Gasteiger partial charge >= 0.3 is 5.69 Å². The molecule has 4 aromatic rings. The molecule has 1 aliphatic rings. The summed E-state index contributed by atoms with van der Waals surface area (Å²) in [7, 11) is 1.66. The molecular weight excluding hydrogens is 438 g/mol. The maximum absolute atomic E-state index is 13.5. The molecule has 0 amide bonds. The number of fused-ring (bicyclic) bond motifs is 3. The van der Waals surface area contributed by atoms with Gasteiger partial charge < -0.3 is 9.47 Å². The fourth-order valence-corrected chi connectivity index (χ4v) is 4.57. The van der Waals surface area contributed by atoms with Crippen molar-refractivity contribution in [3.63, 3.8) is 0 Å². The maximum atomic E-state index is 13.5. The predicted octanol–water partition coefficient (Wildman–Crippen LogP) is 4.05. The van der Waals surface area contributed by atoms with Crippen LogP contribution in [-0.2, 0) is 20.1 Å². The Labute approximate surface area is 195 Å². The average molecular weight is 462 g/mol. The highest BCUT2D eigenvalue weighted by molar-refractivity contribution is 6.30. The number of rotatable bonds is 4. The van der Waals surface area contributed by atoms with Gasteiger partial charge in [-0.05, 0) is 29.7 Å². The number of halogens is 1. The first-order chi connectivity index (χ1) is 15.9. The minimum atomic E-state index is -0.386. The summed E-state index contributed by atoms with van der Waals surface area (Å²) < 4.78 is 4.66. The summed E-state index contributed by atoms with van der Waals surface area (Å²) in [6, 6.07) is 17.4. The molecule has 2 aromatic carbocycles. The normalized spacial score (nSPS) is 16.0. The number of allylic oxidation sites excluding steroid dienone is 1. The van der Waals surface area contributed by atoms with E-state index in [2.05, 4.69) is 11.8 Å². The van der Waals surface area contributed by atoms with Crippen molar-refractivity contribution in [2.45, 2.75) is 20.0 Å². The van der Waals surface area contributed by atoms with Crippen LogP contribution in [0, 0.1) is 5.92 Å². The molecule has 0 N–H and O–H groups in total. The van der Waals surface area contributed by atoms with Crippen molar-refractivity contribution in [3.05, 3.63) is 92.1 Å². The average Bonchev–Trinajstić information content (AvgIpc) is 3.19. The van der Waals surface area contributed by atoms with Crippen molar-refractivity contribution in [1.29, 1.82) is 0 Å². The Bertz CT molecular complexity index is 1480. The molecule has 3 heterocycles. The molecule has 0 spiro atoms. The van der Waals surface area contributed by atoms with Crippen LogP contribution in [0.4, 0.5) is 11.6 Å². The van der Waals surface area contributed by atoms with Gasteiger partial charge in [-0.3, -0.25) is 13.9 Å². The molecule has 33 heavy (non-hydrogen) atoms. The monoisotopic (exact) mass is 461 g/mol. The van der Waals surface area contributed by atoms with E-state index in [1.54, 1.807) is 7.05 Å². The van der Waals surface area contributed by atoms with E-state index in [1.165, 1.54) is 9.13 Å². The molecule has 0 radical (unpaired) electrons. The summed E-state index contributed by atoms with van der Waals surface area (Å²) in [5.74, 6) is 0.923. The van der Waals surface area contributed by atoms with Crippen molar-refractivity contribution in [2.24, 2.45) is 13.0 Å². The second kappa shape index (κ2) is 8.41. The lowest BCUT2D eigenvalue weighted by Gasteiger charge is -2.33. The van der Waals surface area contributed by atoms with Crippen LogP contribution in [0.5, 0.6) is 0 Å². The van der Waals surface area contributed by atoms with E-state index in [-0.39, 0.29) is 23.7 Å². The summed E-state index contributed by atoms with van der Waals surface area (Å²) in [6.45, 7) is 3.71. The largest absolute Gasteiger partial charge is 0.332 e. The quantitative estimate of drug-likeness (QED) is 0.460. The summed E-state index contributed by atoms with van der Waals surface area (Å²) in [4.78, 5) is 33.3. The van der Waals surface area contributed by atoms with Gasteiger partial charge in [0.2, 0.25) is 5.95 Å². The number of imidazole rings is 1. The van der Waals surface area contributed by atoms with E-state index >= 15 is 0 Å². The Morgan fingerprint density at radius 1 is 1.09 bits per heavy atom. The van der Waals surface area contributed by atoms with Gasteiger partial charge in [0.25, 0.3) is 5.56 Å². The zero-order chi connectivity index (χ0) is 23.1. The molecule has 1 atom stereocenters. The molecule has 0 saturated heterocycles. The highest BCUT2D eigenvalue weighted by Crippen LogP contribution is 2.33. The zero-order valence-electron chi connectivity index (χ0n) is 18.5. The molecule has 0 saturated carbocycles. The van der Waals surface area contributed by atoms with Gasteiger partial charge in [-0.25, -0.2) is 4.79 Å². The maximum Gasteiger partial charge on any atom is 0.332 e. The number of aryl methyl sites for hydroxylation is 1. The van der Waals surface area contributed by atoms with Crippen molar-refractivity contribution in [1.82, 2.24) is 18.7 Å². The van der Waals surface area contributed by atoms with Crippen LogP contribution in [0.25, 0.3) is 17.2 Å². The number of benzene rings is 2. The minimum absolute atomic E-state index is 0.185. The second-order valence-corrected chi connectivity index (χ2v) is 8.90. The lowest BCUT2D eigenvalue weighted by Crippen LogP contribution is -2.40. The SMILES string of the molecule is C[C@@H]1CN(c2cccc(Cl)c2)c2nc3c(c(=O)n(C/C=C/c4ccccc4)c(=O)n3C)n2C1. The smallest absolute Gasteiger partial charge is 0.312 e. The van der Waals surface area contributed by atoms with Gasteiger partial charge in [0, 0.05) is 37.4 Å². The first-order valence-electron chi connectivity index (χ1n) is 10.9. The standard InChI is InChI=1S/C25H24ClN5O2/c1-17-15-30(20-12-6-11-19(26)14-20)24-27-22-21(31(24)16-17)23(32)29(25(33)28(22)2)13-7-10-18-8-4-3-5-9-18/h3-12,14,17H,13,15-16H2,1-2H3/b10-7+/t17-/m1/s1. The molecule has 2 aromatic heterocycles. The van der Waals surface area contributed by atoms with Gasteiger partial charge in [0.15, 0.2) is 11.2 Å². The summed E-state index contributed by atoms with van der Waals surface area (Å²) >= 11 is 6.23. The topological polar surface area (TPSA) is 65.1 Å². The third kappa shape index (κ3) is 3.78.